The van der Waals surface area contributed by atoms with Crippen LogP contribution in [0.5, 0.6) is 0 Å². The highest BCUT2D eigenvalue weighted by atomic mass is 32.1. The Morgan fingerprint density at radius 2 is 2.21 bits per heavy atom. The minimum absolute atomic E-state index is 0.833. The molecule has 0 spiro atoms. The lowest BCUT2D eigenvalue weighted by molar-refractivity contribution is 1.10. The molecule has 0 saturated carbocycles. The van der Waals surface area contributed by atoms with E-state index >= 15 is 0 Å². The minimum Gasteiger partial charge on any atom is -0.356 e. The van der Waals surface area contributed by atoms with Crippen LogP contribution in [-0.4, -0.2) is 9.36 Å². The largest absolute Gasteiger partial charge is 0.356 e. The lowest BCUT2D eigenvalue weighted by Gasteiger charge is -2.00. The van der Waals surface area contributed by atoms with Gasteiger partial charge in [-0.15, -0.1) is 0 Å². The van der Waals surface area contributed by atoms with E-state index in [1.54, 1.807) is 11.3 Å². The van der Waals surface area contributed by atoms with Crippen molar-refractivity contribution in [2.24, 2.45) is 0 Å². The number of aromatic nitrogens is 2. The molecule has 0 unspecified atom stereocenters. The minimum atomic E-state index is 0.833. The fourth-order valence-electron chi connectivity index (χ4n) is 1.11. The van der Waals surface area contributed by atoms with Crippen LogP contribution in [0.25, 0.3) is 0 Å². The second-order valence-corrected chi connectivity index (χ2v) is 4.58. The van der Waals surface area contributed by atoms with Crippen LogP contribution in [0.3, 0.4) is 0 Å². The summed E-state index contributed by atoms with van der Waals surface area (Å²) in [7, 11) is 0. The van der Waals surface area contributed by atoms with Gasteiger partial charge in [-0.25, -0.2) is 4.98 Å². The van der Waals surface area contributed by atoms with Crippen molar-refractivity contribution < 1.29 is 0 Å². The molecule has 0 aliphatic heterocycles. The Kier molecular flexibility index (Phi) is 2.79. The Morgan fingerprint density at radius 3 is 2.79 bits per heavy atom. The van der Waals surface area contributed by atoms with Gasteiger partial charge in [-0.3, -0.25) is 0 Å². The van der Waals surface area contributed by atoms with Gasteiger partial charge in [-0.1, -0.05) is 0 Å². The van der Waals surface area contributed by atoms with Gasteiger partial charge >= 0.3 is 0 Å². The van der Waals surface area contributed by atoms with Crippen molar-refractivity contribution in [3.05, 3.63) is 27.7 Å². The summed E-state index contributed by atoms with van der Waals surface area (Å²) in [6.45, 7) is 4.86. The zero-order chi connectivity index (χ0) is 9.97. The topological polar surface area (TPSA) is 37.8 Å². The standard InChI is InChI=1S/C9H11N3S2/c1-6-4-13-5-8(6)3-10-9-11-7(2)12-14-9/h4-5H,3H2,1-2H3,(H,10,11,12). The van der Waals surface area contributed by atoms with E-state index < -0.39 is 0 Å². The number of hydrogen-bond acceptors (Lipinski definition) is 5. The molecule has 5 heteroatoms. The van der Waals surface area contributed by atoms with E-state index in [0.29, 0.717) is 0 Å². The number of rotatable bonds is 3. The highest BCUT2D eigenvalue weighted by Crippen LogP contribution is 2.16. The van der Waals surface area contributed by atoms with Gasteiger partial charge in [0.15, 0.2) is 0 Å². The van der Waals surface area contributed by atoms with Crippen LogP contribution in [0.2, 0.25) is 0 Å². The number of nitrogens with one attached hydrogen (secondary N) is 1. The molecule has 74 valence electrons. The van der Waals surface area contributed by atoms with E-state index in [9.17, 15) is 0 Å². The summed E-state index contributed by atoms with van der Waals surface area (Å²) >= 11 is 3.14. The second kappa shape index (κ2) is 4.06. The van der Waals surface area contributed by atoms with Gasteiger partial charge in [-0.2, -0.15) is 15.7 Å². The first-order chi connectivity index (χ1) is 6.75. The third kappa shape index (κ3) is 2.10. The van der Waals surface area contributed by atoms with E-state index in [0.717, 1.165) is 17.5 Å². The SMILES string of the molecule is Cc1nsc(NCc2cscc2C)n1. The first kappa shape index (κ1) is 9.61. The molecule has 0 radical (unpaired) electrons. The molecule has 0 aromatic carbocycles. The van der Waals surface area contributed by atoms with Crippen LogP contribution in [0.4, 0.5) is 5.13 Å². The van der Waals surface area contributed by atoms with Crippen molar-refractivity contribution in [2.45, 2.75) is 20.4 Å². The van der Waals surface area contributed by atoms with Crippen molar-refractivity contribution in [2.75, 3.05) is 5.32 Å². The molecule has 2 aromatic rings. The summed E-state index contributed by atoms with van der Waals surface area (Å²) in [5.41, 5.74) is 2.67. The molecule has 0 saturated heterocycles. The van der Waals surface area contributed by atoms with Crippen LogP contribution in [0, 0.1) is 13.8 Å². The van der Waals surface area contributed by atoms with Crippen molar-refractivity contribution in [3.8, 4) is 0 Å². The molecular weight excluding hydrogens is 214 g/mol. The monoisotopic (exact) mass is 225 g/mol. The van der Waals surface area contributed by atoms with E-state index in [2.05, 4.69) is 32.4 Å². The predicted octanol–water partition coefficient (Wildman–Crippen LogP) is 2.83. The molecule has 0 aliphatic rings. The Hall–Kier alpha value is -0.940. The summed E-state index contributed by atoms with van der Waals surface area (Å²) in [5, 5.41) is 8.47. The lowest BCUT2D eigenvalue weighted by Crippen LogP contribution is -1.98. The maximum absolute atomic E-state index is 4.24. The van der Waals surface area contributed by atoms with Gasteiger partial charge in [-0.05, 0) is 35.7 Å². The Labute approximate surface area is 91.0 Å². The van der Waals surface area contributed by atoms with Gasteiger partial charge < -0.3 is 5.32 Å². The van der Waals surface area contributed by atoms with Crippen LogP contribution in [0.15, 0.2) is 10.8 Å². The zero-order valence-corrected chi connectivity index (χ0v) is 9.71. The van der Waals surface area contributed by atoms with Crippen LogP contribution >= 0.6 is 22.9 Å². The molecule has 1 N–H and O–H groups in total. The molecule has 14 heavy (non-hydrogen) atoms. The van der Waals surface area contributed by atoms with Crippen molar-refractivity contribution >= 4 is 28.0 Å². The quantitative estimate of drug-likeness (QED) is 0.873. The number of thiophene rings is 1. The van der Waals surface area contributed by atoms with Gasteiger partial charge in [0.25, 0.3) is 0 Å². The third-order valence-corrected chi connectivity index (χ3v) is 3.59. The summed E-state index contributed by atoms with van der Waals surface area (Å²) < 4.78 is 4.11. The van der Waals surface area contributed by atoms with Crippen LogP contribution in [0.1, 0.15) is 17.0 Å². The Balaban J connectivity index is 1.98. The number of hydrogen-bond donors (Lipinski definition) is 1. The van der Waals surface area contributed by atoms with Crippen molar-refractivity contribution in [1.29, 1.82) is 0 Å². The number of aryl methyl sites for hydroxylation is 2. The highest BCUT2D eigenvalue weighted by Gasteiger charge is 2.01. The zero-order valence-electron chi connectivity index (χ0n) is 8.07. The van der Waals surface area contributed by atoms with Crippen LogP contribution in [-0.2, 0) is 6.54 Å². The molecule has 0 amide bonds. The molecule has 0 atom stereocenters. The molecule has 2 rings (SSSR count). The Morgan fingerprint density at radius 1 is 1.36 bits per heavy atom. The molecule has 0 fully saturated rings. The van der Waals surface area contributed by atoms with E-state index in [-0.39, 0.29) is 0 Å². The number of nitrogens with zero attached hydrogens (tertiary/aromatic N) is 2. The fourth-order valence-corrected chi connectivity index (χ4v) is 2.53. The molecule has 0 bridgehead atoms. The summed E-state index contributed by atoms with van der Waals surface area (Å²) in [6.07, 6.45) is 0. The summed E-state index contributed by atoms with van der Waals surface area (Å²) in [4.78, 5) is 4.24. The van der Waals surface area contributed by atoms with Gasteiger partial charge in [0.1, 0.15) is 5.82 Å². The van der Waals surface area contributed by atoms with Gasteiger partial charge in [0.2, 0.25) is 5.13 Å². The van der Waals surface area contributed by atoms with Crippen molar-refractivity contribution in [1.82, 2.24) is 9.36 Å². The van der Waals surface area contributed by atoms with E-state index in [1.165, 1.54) is 22.7 Å². The number of anilines is 1. The van der Waals surface area contributed by atoms with Crippen LogP contribution < -0.4 is 5.32 Å². The first-order valence-electron chi connectivity index (χ1n) is 4.31. The van der Waals surface area contributed by atoms with E-state index in [1.807, 2.05) is 6.92 Å². The maximum Gasteiger partial charge on any atom is 0.202 e. The molecule has 2 aromatic heterocycles. The average Bonchev–Trinajstić information content (AvgIpc) is 2.72. The normalized spacial score (nSPS) is 10.4. The van der Waals surface area contributed by atoms with Gasteiger partial charge in [0, 0.05) is 18.1 Å². The molecular formula is C9H11N3S2. The smallest absolute Gasteiger partial charge is 0.202 e. The average molecular weight is 225 g/mol. The predicted molar refractivity (Wildman–Crippen MR) is 61.0 cm³/mol. The summed E-state index contributed by atoms with van der Waals surface area (Å²) in [5.74, 6) is 0.833. The maximum atomic E-state index is 4.24. The highest BCUT2D eigenvalue weighted by molar-refractivity contribution is 7.09. The lowest BCUT2D eigenvalue weighted by atomic mass is 10.2. The van der Waals surface area contributed by atoms with Crippen molar-refractivity contribution in [3.63, 3.8) is 0 Å². The second-order valence-electron chi connectivity index (χ2n) is 3.08. The Bertz CT molecular complexity index is 419. The fraction of sp³-hybridized carbons (Fsp3) is 0.333. The molecule has 2 heterocycles. The van der Waals surface area contributed by atoms with E-state index in [4.69, 9.17) is 0 Å². The third-order valence-electron chi connectivity index (χ3n) is 1.92. The summed E-state index contributed by atoms with van der Waals surface area (Å²) in [6, 6.07) is 0. The first-order valence-corrected chi connectivity index (χ1v) is 6.03. The van der Waals surface area contributed by atoms with Gasteiger partial charge in [0.05, 0.1) is 0 Å². The molecule has 3 nitrogen and oxygen atoms in total. The molecule has 0 aliphatic carbocycles.